The monoisotopic (exact) mass is 235 g/mol. The van der Waals surface area contributed by atoms with Gasteiger partial charge >= 0.3 is 5.97 Å². The van der Waals surface area contributed by atoms with Gasteiger partial charge in [-0.2, -0.15) is 0 Å². The van der Waals surface area contributed by atoms with E-state index in [-0.39, 0.29) is 11.9 Å². The molecular formula is C14H21NO2. The molecule has 1 fully saturated rings. The van der Waals surface area contributed by atoms with Crippen LogP contribution >= 0.6 is 0 Å². The number of carbonyl (C=O) groups excluding carboxylic acids is 1. The first-order valence-corrected chi connectivity index (χ1v) is 6.60. The minimum absolute atomic E-state index is 0.00819. The average Bonchev–Trinajstić information content (AvgIpc) is 2.38. The maximum absolute atomic E-state index is 12.0. The van der Waals surface area contributed by atoms with Crippen molar-refractivity contribution < 1.29 is 9.53 Å². The maximum Gasteiger partial charge on any atom is 0.309 e. The summed E-state index contributed by atoms with van der Waals surface area (Å²) in [5, 5.41) is 3.38. The first-order chi connectivity index (χ1) is 8.33. The van der Waals surface area contributed by atoms with Gasteiger partial charge < -0.3 is 10.1 Å². The van der Waals surface area contributed by atoms with Crippen LogP contribution in [0.1, 0.15) is 32.6 Å². The number of esters is 1. The Bertz CT molecular complexity index is 333. The number of piperidine rings is 1. The minimum atomic E-state index is -0.00819. The summed E-state index contributed by atoms with van der Waals surface area (Å²) in [5.74, 6) is 0.346. The summed E-state index contributed by atoms with van der Waals surface area (Å²) in [6, 6.07) is 0. The summed E-state index contributed by atoms with van der Waals surface area (Å²) in [6.07, 6.45) is 10.1. The molecule has 0 aromatic carbocycles. The van der Waals surface area contributed by atoms with Gasteiger partial charge in [0.2, 0.25) is 0 Å². The molecule has 0 spiro atoms. The molecule has 2 unspecified atom stereocenters. The van der Waals surface area contributed by atoms with Crippen molar-refractivity contribution >= 4 is 5.97 Å². The van der Waals surface area contributed by atoms with Crippen LogP contribution in [0.2, 0.25) is 0 Å². The van der Waals surface area contributed by atoms with Gasteiger partial charge in [0.25, 0.3) is 0 Å². The van der Waals surface area contributed by atoms with Gasteiger partial charge in [0, 0.05) is 18.2 Å². The fourth-order valence-electron chi connectivity index (χ4n) is 2.50. The molecule has 3 heteroatoms. The van der Waals surface area contributed by atoms with Crippen molar-refractivity contribution in [1.29, 1.82) is 0 Å². The van der Waals surface area contributed by atoms with Crippen molar-refractivity contribution in [2.45, 2.75) is 32.6 Å². The van der Waals surface area contributed by atoms with Crippen molar-refractivity contribution in [3.05, 3.63) is 23.9 Å². The summed E-state index contributed by atoms with van der Waals surface area (Å²) in [4.78, 5) is 12.0. The molecule has 0 aromatic rings. The Labute approximate surface area is 103 Å². The molecule has 2 atom stereocenters. The molecule has 1 aliphatic carbocycles. The van der Waals surface area contributed by atoms with Crippen molar-refractivity contribution in [2.75, 3.05) is 13.2 Å². The van der Waals surface area contributed by atoms with Crippen LogP contribution in [-0.2, 0) is 9.53 Å². The lowest BCUT2D eigenvalue weighted by molar-refractivity contribution is -0.151. The standard InChI is InChI=1S/C14H21NO2/c1-2-3-10-17-14(16)12-8-9-15-13-7-5-4-6-11(12)13/h4-5,7,11-12,15H,2-3,6,8-10H2,1H3. The predicted molar refractivity (Wildman–Crippen MR) is 67.3 cm³/mol. The lowest BCUT2D eigenvalue weighted by atomic mass is 9.80. The Morgan fingerprint density at radius 3 is 3.29 bits per heavy atom. The normalized spacial score (nSPS) is 26.8. The smallest absolute Gasteiger partial charge is 0.309 e. The molecule has 1 N–H and O–H groups in total. The lowest BCUT2D eigenvalue weighted by Gasteiger charge is -2.34. The number of fused-ring (bicyclic) bond motifs is 1. The Morgan fingerprint density at radius 1 is 1.59 bits per heavy atom. The molecule has 17 heavy (non-hydrogen) atoms. The quantitative estimate of drug-likeness (QED) is 0.600. The summed E-state index contributed by atoms with van der Waals surface area (Å²) < 4.78 is 5.35. The van der Waals surface area contributed by atoms with Crippen LogP contribution in [0, 0.1) is 11.8 Å². The second kappa shape index (κ2) is 5.89. The molecule has 0 amide bonds. The first-order valence-electron chi connectivity index (χ1n) is 6.60. The van der Waals surface area contributed by atoms with Gasteiger partial charge in [0.15, 0.2) is 0 Å². The van der Waals surface area contributed by atoms with Crippen LogP contribution in [0.4, 0.5) is 0 Å². The van der Waals surface area contributed by atoms with E-state index in [0.717, 1.165) is 32.2 Å². The van der Waals surface area contributed by atoms with Gasteiger partial charge in [0.1, 0.15) is 0 Å². The van der Waals surface area contributed by atoms with Gasteiger partial charge in [-0.25, -0.2) is 0 Å². The minimum Gasteiger partial charge on any atom is -0.465 e. The summed E-state index contributed by atoms with van der Waals surface area (Å²) >= 11 is 0. The number of allylic oxidation sites excluding steroid dienone is 4. The van der Waals surface area contributed by atoms with Crippen LogP contribution in [-0.4, -0.2) is 19.1 Å². The fourth-order valence-corrected chi connectivity index (χ4v) is 2.50. The van der Waals surface area contributed by atoms with E-state index in [1.54, 1.807) is 0 Å². The Kier molecular flexibility index (Phi) is 4.24. The number of carbonyl (C=O) groups is 1. The van der Waals surface area contributed by atoms with E-state index in [4.69, 9.17) is 4.74 Å². The highest BCUT2D eigenvalue weighted by atomic mass is 16.5. The highest BCUT2D eigenvalue weighted by molar-refractivity contribution is 5.73. The van der Waals surface area contributed by atoms with Crippen LogP contribution in [0.3, 0.4) is 0 Å². The van der Waals surface area contributed by atoms with Gasteiger partial charge in [-0.1, -0.05) is 25.5 Å². The van der Waals surface area contributed by atoms with E-state index in [2.05, 4.69) is 30.5 Å². The maximum atomic E-state index is 12.0. The molecule has 3 nitrogen and oxygen atoms in total. The number of nitrogens with one attached hydrogen (secondary N) is 1. The molecule has 0 aromatic heterocycles. The van der Waals surface area contributed by atoms with Gasteiger partial charge in [-0.15, -0.1) is 0 Å². The molecule has 1 aliphatic heterocycles. The van der Waals surface area contributed by atoms with E-state index in [1.807, 2.05) is 0 Å². The highest BCUT2D eigenvalue weighted by Crippen LogP contribution is 2.32. The first kappa shape index (κ1) is 12.2. The van der Waals surface area contributed by atoms with Crippen molar-refractivity contribution in [3.63, 3.8) is 0 Å². The zero-order chi connectivity index (χ0) is 12.1. The second-order valence-electron chi connectivity index (χ2n) is 4.74. The van der Waals surface area contributed by atoms with E-state index >= 15 is 0 Å². The molecule has 0 saturated carbocycles. The number of unbranched alkanes of at least 4 members (excludes halogenated alkanes) is 1. The SMILES string of the molecule is CCCCOC(=O)C1CCNC2=CC=CCC21. The van der Waals surface area contributed by atoms with E-state index in [9.17, 15) is 4.79 Å². The van der Waals surface area contributed by atoms with Crippen molar-refractivity contribution in [2.24, 2.45) is 11.8 Å². The van der Waals surface area contributed by atoms with E-state index < -0.39 is 0 Å². The summed E-state index contributed by atoms with van der Waals surface area (Å²) in [5.41, 5.74) is 1.20. The van der Waals surface area contributed by atoms with Crippen LogP contribution in [0.25, 0.3) is 0 Å². The number of hydrogen-bond donors (Lipinski definition) is 1. The number of hydrogen-bond acceptors (Lipinski definition) is 3. The average molecular weight is 235 g/mol. The topological polar surface area (TPSA) is 38.3 Å². The third kappa shape index (κ3) is 2.90. The molecular weight excluding hydrogens is 214 g/mol. The van der Waals surface area contributed by atoms with Crippen molar-refractivity contribution in [1.82, 2.24) is 5.32 Å². The summed E-state index contributed by atoms with van der Waals surface area (Å²) in [6.45, 7) is 3.55. The third-order valence-electron chi connectivity index (χ3n) is 3.52. The lowest BCUT2D eigenvalue weighted by Crippen LogP contribution is -2.39. The Hall–Kier alpha value is -1.25. The van der Waals surface area contributed by atoms with Crippen LogP contribution in [0.5, 0.6) is 0 Å². The second-order valence-corrected chi connectivity index (χ2v) is 4.74. The number of rotatable bonds is 4. The third-order valence-corrected chi connectivity index (χ3v) is 3.52. The molecule has 0 bridgehead atoms. The zero-order valence-electron chi connectivity index (χ0n) is 10.4. The van der Waals surface area contributed by atoms with Crippen LogP contribution < -0.4 is 5.32 Å². The summed E-state index contributed by atoms with van der Waals surface area (Å²) in [7, 11) is 0. The molecule has 94 valence electrons. The number of ether oxygens (including phenoxy) is 1. The fraction of sp³-hybridized carbons (Fsp3) is 0.643. The Balaban J connectivity index is 1.93. The van der Waals surface area contributed by atoms with E-state index in [0.29, 0.717) is 12.5 Å². The molecule has 1 saturated heterocycles. The highest BCUT2D eigenvalue weighted by Gasteiger charge is 2.34. The molecule has 2 rings (SSSR count). The molecule has 2 aliphatic rings. The van der Waals surface area contributed by atoms with E-state index in [1.165, 1.54) is 5.70 Å². The van der Waals surface area contributed by atoms with Crippen molar-refractivity contribution in [3.8, 4) is 0 Å². The molecule has 0 radical (unpaired) electrons. The Morgan fingerprint density at radius 2 is 2.47 bits per heavy atom. The van der Waals surface area contributed by atoms with Crippen LogP contribution in [0.15, 0.2) is 23.9 Å². The van der Waals surface area contributed by atoms with Gasteiger partial charge in [-0.3, -0.25) is 4.79 Å². The van der Waals surface area contributed by atoms with Gasteiger partial charge in [0.05, 0.1) is 12.5 Å². The zero-order valence-corrected chi connectivity index (χ0v) is 10.4. The molecule has 1 heterocycles. The predicted octanol–water partition coefficient (Wildman–Crippen LogP) is 2.40. The largest absolute Gasteiger partial charge is 0.465 e. The van der Waals surface area contributed by atoms with Gasteiger partial charge in [-0.05, 0) is 25.3 Å².